The second kappa shape index (κ2) is 10.3. The Labute approximate surface area is 209 Å². The minimum atomic E-state index is -0.537. The van der Waals surface area contributed by atoms with Crippen LogP contribution in [0.1, 0.15) is 33.3 Å². The number of nitrogens with one attached hydrogen (secondary N) is 2. The number of halogens is 2. The van der Waals surface area contributed by atoms with Crippen molar-refractivity contribution in [3.8, 4) is 17.4 Å². The maximum atomic E-state index is 13.4. The highest BCUT2D eigenvalue weighted by atomic mass is 35.5. The molecule has 1 aromatic carbocycles. The van der Waals surface area contributed by atoms with Gasteiger partial charge >= 0.3 is 0 Å². The Bertz CT molecular complexity index is 1350. The van der Waals surface area contributed by atoms with Crippen LogP contribution < -0.4 is 15.4 Å². The third kappa shape index (κ3) is 5.06. The predicted octanol–water partition coefficient (Wildman–Crippen LogP) is 5.74. The van der Waals surface area contributed by atoms with Crippen LogP contribution in [0.3, 0.4) is 0 Å². The number of ether oxygens (including phenoxy) is 1. The highest BCUT2D eigenvalue weighted by molar-refractivity contribution is 7.08. The smallest absolute Gasteiger partial charge is 0.274 e. The number of nitrogens with zero attached hydrogens (tertiary/aromatic N) is 3. The van der Waals surface area contributed by atoms with Crippen molar-refractivity contribution >= 4 is 52.0 Å². The van der Waals surface area contributed by atoms with E-state index in [9.17, 15) is 9.59 Å². The van der Waals surface area contributed by atoms with Crippen LogP contribution in [0.25, 0.3) is 5.82 Å². The number of carbonyl (C=O) groups is 2. The molecule has 3 heterocycles. The van der Waals surface area contributed by atoms with Gasteiger partial charge in [0.1, 0.15) is 11.4 Å². The van der Waals surface area contributed by atoms with Gasteiger partial charge in [-0.2, -0.15) is 0 Å². The summed E-state index contributed by atoms with van der Waals surface area (Å²) in [4.78, 5) is 30.3. The van der Waals surface area contributed by atoms with Crippen LogP contribution in [0.5, 0.6) is 11.6 Å². The molecular formula is C23H19Cl2N5O3S. The largest absolute Gasteiger partial charge is 0.437 e. The summed E-state index contributed by atoms with van der Waals surface area (Å²) < 4.78 is 7.08. The molecule has 174 valence electrons. The lowest BCUT2D eigenvalue weighted by Crippen LogP contribution is -2.26. The SMILES string of the molecule is CCNC(=O)c1cc(Cl)cc(C)c1NC(=O)c1cc(Oc2ccsc2)nn1-c1ncccc1Cl. The number of carbonyl (C=O) groups excluding carboxylic acids is 2. The number of anilines is 1. The van der Waals surface area contributed by atoms with Crippen molar-refractivity contribution in [2.24, 2.45) is 0 Å². The molecule has 0 bridgehead atoms. The van der Waals surface area contributed by atoms with Gasteiger partial charge in [-0.3, -0.25) is 9.59 Å². The standard InChI is InChI=1S/C23H19Cl2N5O3S/c1-3-26-22(31)16-10-14(24)9-13(2)20(16)28-23(32)18-11-19(33-15-6-8-34-12-15)29-30(18)21-17(25)5-4-7-27-21/h4-12H,3H2,1-2H3,(H,26,31)(H,28,32). The third-order valence-electron chi connectivity index (χ3n) is 4.70. The van der Waals surface area contributed by atoms with E-state index < -0.39 is 5.91 Å². The lowest BCUT2D eigenvalue weighted by atomic mass is 10.1. The van der Waals surface area contributed by atoms with Gasteiger partial charge in [0.2, 0.25) is 5.88 Å². The Morgan fingerprint density at radius 1 is 1.18 bits per heavy atom. The zero-order valence-corrected chi connectivity index (χ0v) is 20.5. The Kier molecular flexibility index (Phi) is 7.16. The first-order valence-corrected chi connectivity index (χ1v) is 11.9. The van der Waals surface area contributed by atoms with E-state index >= 15 is 0 Å². The summed E-state index contributed by atoms with van der Waals surface area (Å²) in [6, 6.07) is 9.75. The van der Waals surface area contributed by atoms with Crippen LogP contribution in [0.4, 0.5) is 5.69 Å². The highest BCUT2D eigenvalue weighted by Crippen LogP contribution is 2.29. The summed E-state index contributed by atoms with van der Waals surface area (Å²) in [5, 5.41) is 14.3. The van der Waals surface area contributed by atoms with Gasteiger partial charge in [0.05, 0.1) is 16.3 Å². The van der Waals surface area contributed by atoms with Gasteiger partial charge in [-0.15, -0.1) is 16.4 Å². The number of thiophene rings is 1. The molecule has 4 rings (SSSR count). The van der Waals surface area contributed by atoms with Crippen LogP contribution >= 0.6 is 34.5 Å². The maximum absolute atomic E-state index is 13.4. The first-order valence-electron chi connectivity index (χ1n) is 10.2. The number of benzene rings is 1. The third-order valence-corrected chi connectivity index (χ3v) is 5.87. The first-order chi connectivity index (χ1) is 16.4. The molecule has 0 aliphatic carbocycles. The molecule has 0 fully saturated rings. The monoisotopic (exact) mass is 515 g/mol. The van der Waals surface area contributed by atoms with Gasteiger partial charge < -0.3 is 15.4 Å². The Morgan fingerprint density at radius 2 is 2.00 bits per heavy atom. The maximum Gasteiger partial charge on any atom is 0.274 e. The summed E-state index contributed by atoms with van der Waals surface area (Å²) in [7, 11) is 0. The normalized spacial score (nSPS) is 10.7. The number of hydrogen-bond acceptors (Lipinski definition) is 6. The number of amides is 2. The zero-order chi connectivity index (χ0) is 24.2. The van der Waals surface area contributed by atoms with Crippen LogP contribution in [0.2, 0.25) is 10.0 Å². The molecule has 4 aromatic rings. The van der Waals surface area contributed by atoms with E-state index in [1.54, 1.807) is 44.3 Å². The molecule has 2 N–H and O–H groups in total. The van der Waals surface area contributed by atoms with Gasteiger partial charge in [-0.1, -0.05) is 23.2 Å². The average molecular weight is 516 g/mol. The van der Waals surface area contributed by atoms with Crippen molar-refractivity contribution in [2.75, 3.05) is 11.9 Å². The molecule has 0 aliphatic rings. The molecular weight excluding hydrogens is 497 g/mol. The number of pyridine rings is 1. The van der Waals surface area contributed by atoms with Crippen molar-refractivity contribution < 1.29 is 14.3 Å². The highest BCUT2D eigenvalue weighted by Gasteiger charge is 2.23. The topological polar surface area (TPSA) is 98.1 Å². The summed E-state index contributed by atoms with van der Waals surface area (Å²) in [5.41, 5.74) is 1.32. The summed E-state index contributed by atoms with van der Waals surface area (Å²) in [6.45, 7) is 3.98. The van der Waals surface area contributed by atoms with E-state index in [1.165, 1.54) is 28.2 Å². The molecule has 2 amide bonds. The second-order valence-electron chi connectivity index (χ2n) is 7.11. The van der Waals surface area contributed by atoms with Gasteiger partial charge in [-0.25, -0.2) is 9.67 Å². The Morgan fingerprint density at radius 3 is 2.71 bits per heavy atom. The van der Waals surface area contributed by atoms with Crippen molar-refractivity contribution in [3.05, 3.63) is 80.2 Å². The minimum Gasteiger partial charge on any atom is -0.437 e. The van der Waals surface area contributed by atoms with Gasteiger partial charge in [0, 0.05) is 29.2 Å². The number of aromatic nitrogens is 3. The predicted molar refractivity (Wildman–Crippen MR) is 133 cm³/mol. The molecule has 0 atom stereocenters. The summed E-state index contributed by atoms with van der Waals surface area (Å²) in [5.74, 6) is 0.130. The molecule has 0 aliphatic heterocycles. The van der Waals surface area contributed by atoms with Gasteiger partial charge in [0.15, 0.2) is 5.82 Å². The molecule has 3 aromatic heterocycles. The number of aryl methyl sites for hydroxylation is 1. The fraction of sp³-hybridized carbons (Fsp3) is 0.130. The van der Waals surface area contributed by atoms with Gasteiger partial charge in [-0.05, 0) is 55.1 Å². The van der Waals surface area contributed by atoms with E-state index in [2.05, 4.69) is 20.7 Å². The van der Waals surface area contributed by atoms with Crippen LogP contribution in [-0.4, -0.2) is 33.1 Å². The van der Waals surface area contributed by atoms with Crippen LogP contribution in [0.15, 0.2) is 53.4 Å². The average Bonchev–Trinajstić information content (AvgIpc) is 3.46. The molecule has 0 unspecified atom stereocenters. The zero-order valence-electron chi connectivity index (χ0n) is 18.1. The number of rotatable bonds is 7. The van der Waals surface area contributed by atoms with E-state index in [0.717, 1.165) is 0 Å². The lowest BCUT2D eigenvalue weighted by molar-refractivity contribution is 0.0956. The second-order valence-corrected chi connectivity index (χ2v) is 8.73. The van der Waals surface area contributed by atoms with Crippen molar-refractivity contribution in [3.63, 3.8) is 0 Å². The molecule has 0 saturated heterocycles. The van der Waals surface area contributed by atoms with Crippen molar-refractivity contribution in [1.29, 1.82) is 0 Å². The molecule has 34 heavy (non-hydrogen) atoms. The quantitative estimate of drug-likeness (QED) is 0.327. The molecule has 0 spiro atoms. The molecule has 0 radical (unpaired) electrons. The fourth-order valence-electron chi connectivity index (χ4n) is 3.22. The minimum absolute atomic E-state index is 0.113. The molecule has 0 saturated carbocycles. The Balaban J connectivity index is 1.76. The van der Waals surface area contributed by atoms with Gasteiger partial charge in [0.25, 0.3) is 11.8 Å². The lowest BCUT2D eigenvalue weighted by Gasteiger charge is -2.15. The first kappa shape index (κ1) is 23.7. The van der Waals surface area contributed by atoms with E-state index in [1.807, 2.05) is 10.8 Å². The molecule has 11 heteroatoms. The van der Waals surface area contributed by atoms with E-state index in [-0.39, 0.29) is 28.9 Å². The van der Waals surface area contributed by atoms with Crippen molar-refractivity contribution in [1.82, 2.24) is 20.1 Å². The summed E-state index contributed by atoms with van der Waals surface area (Å²) >= 11 is 14.0. The fourth-order valence-corrected chi connectivity index (χ4v) is 4.24. The van der Waals surface area contributed by atoms with Crippen molar-refractivity contribution in [2.45, 2.75) is 13.8 Å². The van der Waals surface area contributed by atoms with Crippen LogP contribution in [-0.2, 0) is 0 Å². The molecule has 8 nitrogen and oxygen atoms in total. The van der Waals surface area contributed by atoms with E-state index in [0.29, 0.717) is 33.6 Å². The van der Waals surface area contributed by atoms with Crippen LogP contribution in [0, 0.1) is 6.92 Å². The Hall–Kier alpha value is -3.40. The van der Waals surface area contributed by atoms with E-state index in [4.69, 9.17) is 27.9 Å². The summed E-state index contributed by atoms with van der Waals surface area (Å²) in [6.07, 6.45) is 1.54. The number of hydrogen-bond donors (Lipinski definition) is 2.